The van der Waals surface area contributed by atoms with Gasteiger partial charge in [-0.25, -0.2) is 0 Å². The molecule has 0 aliphatic heterocycles. The molecule has 19 heavy (non-hydrogen) atoms. The van der Waals surface area contributed by atoms with Gasteiger partial charge in [0.05, 0.1) is 0 Å². The summed E-state index contributed by atoms with van der Waals surface area (Å²) in [6.07, 6.45) is 0. The van der Waals surface area contributed by atoms with Crippen LogP contribution < -0.4 is 4.90 Å². The summed E-state index contributed by atoms with van der Waals surface area (Å²) in [5, 5.41) is 0. The first kappa shape index (κ1) is 14.4. The number of benzene rings is 2. The van der Waals surface area contributed by atoms with Gasteiger partial charge >= 0.3 is 0 Å². The average molecular weight is 339 g/mol. The topological polar surface area (TPSA) is 3.24 Å². The van der Waals surface area contributed by atoms with E-state index in [0.717, 1.165) is 16.6 Å². The Hall–Kier alpha value is -0.990. The predicted octanol–water partition coefficient (Wildman–Crippen LogP) is 5.13. The summed E-state index contributed by atoms with van der Waals surface area (Å²) in [7, 11) is 2.10. The lowest BCUT2D eigenvalue weighted by Crippen LogP contribution is -2.17. The molecule has 0 saturated carbocycles. The maximum absolute atomic E-state index is 6.01. The zero-order chi connectivity index (χ0) is 13.8. The molecule has 2 aromatic rings. The van der Waals surface area contributed by atoms with Gasteiger partial charge in [-0.15, -0.1) is 11.6 Å². The van der Waals surface area contributed by atoms with Gasteiger partial charge in [-0.05, 0) is 30.2 Å². The third-order valence-electron chi connectivity index (χ3n) is 3.10. The standard InChI is InChI=1S/C16H17BrClN/c1-12-4-3-5-13(8-12)11-19(2)16-9-15(17)7-6-14(16)10-18/h3-9H,10-11H2,1-2H3. The Kier molecular flexibility index (Phi) is 4.89. The zero-order valence-electron chi connectivity index (χ0n) is 11.2. The molecule has 3 heteroatoms. The number of aryl methyl sites for hydroxylation is 1. The van der Waals surface area contributed by atoms with Crippen LogP contribution in [0.3, 0.4) is 0 Å². The predicted molar refractivity (Wildman–Crippen MR) is 87.0 cm³/mol. The number of anilines is 1. The van der Waals surface area contributed by atoms with Crippen LogP contribution >= 0.6 is 27.5 Å². The molecule has 100 valence electrons. The minimum Gasteiger partial charge on any atom is -0.370 e. The second-order valence-electron chi connectivity index (χ2n) is 4.75. The number of nitrogens with zero attached hydrogens (tertiary/aromatic N) is 1. The monoisotopic (exact) mass is 337 g/mol. The fourth-order valence-electron chi connectivity index (χ4n) is 2.17. The van der Waals surface area contributed by atoms with E-state index in [1.807, 2.05) is 6.07 Å². The van der Waals surface area contributed by atoms with Gasteiger partial charge in [-0.3, -0.25) is 0 Å². The van der Waals surface area contributed by atoms with E-state index in [0.29, 0.717) is 5.88 Å². The molecule has 0 aliphatic carbocycles. The second kappa shape index (κ2) is 6.44. The minimum atomic E-state index is 0.529. The molecule has 0 aromatic heterocycles. The summed E-state index contributed by atoms with van der Waals surface area (Å²) in [6.45, 7) is 2.99. The highest BCUT2D eigenvalue weighted by molar-refractivity contribution is 9.10. The molecule has 0 bridgehead atoms. The lowest BCUT2D eigenvalue weighted by atomic mass is 10.1. The van der Waals surface area contributed by atoms with Gasteiger partial charge in [-0.1, -0.05) is 51.8 Å². The summed E-state index contributed by atoms with van der Waals surface area (Å²) in [5.41, 5.74) is 4.92. The third kappa shape index (κ3) is 3.74. The Morgan fingerprint density at radius 1 is 1.16 bits per heavy atom. The summed E-state index contributed by atoms with van der Waals surface area (Å²) < 4.78 is 1.08. The normalized spacial score (nSPS) is 10.5. The Bertz CT molecular complexity index is 568. The van der Waals surface area contributed by atoms with E-state index in [9.17, 15) is 0 Å². The first-order valence-corrected chi connectivity index (χ1v) is 7.54. The molecule has 1 nitrogen and oxygen atoms in total. The minimum absolute atomic E-state index is 0.529. The summed E-state index contributed by atoms with van der Waals surface area (Å²) in [5.74, 6) is 0.529. The Labute approximate surface area is 128 Å². The lowest BCUT2D eigenvalue weighted by molar-refractivity contribution is 0.914. The number of hydrogen-bond acceptors (Lipinski definition) is 1. The van der Waals surface area contributed by atoms with E-state index in [1.54, 1.807) is 0 Å². The largest absolute Gasteiger partial charge is 0.370 e. The van der Waals surface area contributed by atoms with Crippen molar-refractivity contribution >= 4 is 33.2 Å². The van der Waals surface area contributed by atoms with Gasteiger partial charge in [0.2, 0.25) is 0 Å². The van der Waals surface area contributed by atoms with E-state index in [1.165, 1.54) is 16.8 Å². The van der Waals surface area contributed by atoms with Crippen molar-refractivity contribution < 1.29 is 0 Å². The van der Waals surface area contributed by atoms with Crippen LogP contribution in [0, 0.1) is 6.92 Å². The van der Waals surface area contributed by atoms with Gasteiger partial charge in [0.15, 0.2) is 0 Å². The number of alkyl halides is 1. The molecule has 0 spiro atoms. The number of rotatable bonds is 4. The summed E-state index contributed by atoms with van der Waals surface area (Å²) in [6, 6.07) is 14.8. The van der Waals surface area contributed by atoms with E-state index < -0.39 is 0 Å². The molecule has 2 rings (SSSR count). The van der Waals surface area contributed by atoms with E-state index >= 15 is 0 Å². The van der Waals surface area contributed by atoms with Crippen LogP contribution in [0.4, 0.5) is 5.69 Å². The molecule has 0 amide bonds. The molecular formula is C16H17BrClN. The molecule has 0 N–H and O–H groups in total. The lowest BCUT2D eigenvalue weighted by Gasteiger charge is -2.22. The van der Waals surface area contributed by atoms with Crippen molar-refractivity contribution in [1.29, 1.82) is 0 Å². The van der Waals surface area contributed by atoms with Crippen molar-refractivity contribution in [3.63, 3.8) is 0 Å². The molecule has 0 heterocycles. The summed E-state index contributed by atoms with van der Waals surface area (Å²) >= 11 is 9.54. The second-order valence-corrected chi connectivity index (χ2v) is 5.93. The van der Waals surface area contributed by atoms with Crippen LogP contribution in [-0.4, -0.2) is 7.05 Å². The van der Waals surface area contributed by atoms with Crippen molar-refractivity contribution in [2.24, 2.45) is 0 Å². The maximum Gasteiger partial charge on any atom is 0.0494 e. The summed E-state index contributed by atoms with van der Waals surface area (Å²) in [4.78, 5) is 2.23. The number of halogens is 2. The van der Waals surface area contributed by atoms with Crippen LogP contribution in [0.25, 0.3) is 0 Å². The molecular weight excluding hydrogens is 322 g/mol. The molecule has 2 aromatic carbocycles. The van der Waals surface area contributed by atoms with Gasteiger partial charge in [0.1, 0.15) is 0 Å². The Morgan fingerprint density at radius 3 is 2.63 bits per heavy atom. The highest BCUT2D eigenvalue weighted by Gasteiger charge is 2.08. The smallest absolute Gasteiger partial charge is 0.0494 e. The quantitative estimate of drug-likeness (QED) is 0.698. The highest BCUT2D eigenvalue weighted by atomic mass is 79.9. The Balaban J connectivity index is 2.24. The first-order chi connectivity index (χ1) is 9.10. The average Bonchev–Trinajstić information content (AvgIpc) is 2.38. The van der Waals surface area contributed by atoms with Crippen LogP contribution in [0.2, 0.25) is 0 Å². The molecule has 0 fully saturated rings. The fourth-order valence-corrected chi connectivity index (χ4v) is 2.75. The van der Waals surface area contributed by atoms with E-state index in [2.05, 4.69) is 71.2 Å². The van der Waals surface area contributed by atoms with Crippen molar-refractivity contribution in [1.82, 2.24) is 0 Å². The van der Waals surface area contributed by atoms with Gasteiger partial charge < -0.3 is 4.90 Å². The number of hydrogen-bond donors (Lipinski definition) is 0. The van der Waals surface area contributed by atoms with Crippen molar-refractivity contribution in [2.75, 3.05) is 11.9 Å². The van der Waals surface area contributed by atoms with Gasteiger partial charge in [0.25, 0.3) is 0 Å². The van der Waals surface area contributed by atoms with Crippen molar-refractivity contribution in [3.05, 3.63) is 63.6 Å². The van der Waals surface area contributed by atoms with E-state index in [4.69, 9.17) is 11.6 Å². The van der Waals surface area contributed by atoms with Crippen LogP contribution in [-0.2, 0) is 12.4 Å². The molecule has 0 aliphatic rings. The van der Waals surface area contributed by atoms with Gasteiger partial charge in [-0.2, -0.15) is 0 Å². The fraction of sp³-hybridized carbons (Fsp3) is 0.250. The highest BCUT2D eigenvalue weighted by Crippen LogP contribution is 2.27. The van der Waals surface area contributed by atoms with Crippen molar-refractivity contribution in [3.8, 4) is 0 Å². The van der Waals surface area contributed by atoms with E-state index in [-0.39, 0.29) is 0 Å². The zero-order valence-corrected chi connectivity index (χ0v) is 13.5. The molecule has 0 radical (unpaired) electrons. The maximum atomic E-state index is 6.01. The van der Waals surface area contributed by atoms with Crippen molar-refractivity contribution in [2.45, 2.75) is 19.3 Å². The SMILES string of the molecule is Cc1cccc(CN(C)c2cc(Br)ccc2CCl)c1. The van der Waals surface area contributed by atoms with Crippen LogP contribution in [0.15, 0.2) is 46.9 Å². The first-order valence-electron chi connectivity index (χ1n) is 6.21. The van der Waals surface area contributed by atoms with Crippen LogP contribution in [0.1, 0.15) is 16.7 Å². The third-order valence-corrected chi connectivity index (χ3v) is 3.89. The Morgan fingerprint density at radius 2 is 1.95 bits per heavy atom. The van der Waals surface area contributed by atoms with Gasteiger partial charge in [0, 0.05) is 29.6 Å². The molecule has 0 saturated heterocycles. The molecule has 0 unspecified atom stereocenters. The van der Waals surface area contributed by atoms with Crippen LogP contribution in [0.5, 0.6) is 0 Å². The molecule has 0 atom stereocenters.